The molecule has 6 heteroatoms. The zero-order chi connectivity index (χ0) is 15.2. The number of hydrogen-bond acceptors (Lipinski definition) is 6. The van der Waals surface area contributed by atoms with Crippen LogP contribution < -0.4 is 10.6 Å². The average molecular weight is 296 g/mol. The first-order chi connectivity index (χ1) is 10.7. The van der Waals surface area contributed by atoms with E-state index in [0.717, 1.165) is 44.0 Å². The van der Waals surface area contributed by atoms with Crippen molar-refractivity contribution >= 4 is 11.8 Å². The summed E-state index contributed by atoms with van der Waals surface area (Å²) < 4.78 is 0. The Balaban J connectivity index is 1.69. The van der Waals surface area contributed by atoms with Gasteiger partial charge in [0.1, 0.15) is 11.6 Å². The topological polar surface area (TPSA) is 80.8 Å². The Kier molecular flexibility index (Phi) is 2.99. The van der Waals surface area contributed by atoms with Crippen molar-refractivity contribution in [2.24, 2.45) is 0 Å². The van der Waals surface area contributed by atoms with E-state index in [1.165, 1.54) is 17.7 Å². The molecule has 3 heterocycles. The summed E-state index contributed by atoms with van der Waals surface area (Å²) in [6.07, 6.45) is 8.30. The van der Waals surface area contributed by atoms with Gasteiger partial charge in [0.05, 0.1) is 5.69 Å². The molecule has 22 heavy (non-hydrogen) atoms. The van der Waals surface area contributed by atoms with E-state index < -0.39 is 0 Å². The van der Waals surface area contributed by atoms with Crippen molar-refractivity contribution in [2.45, 2.75) is 38.0 Å². The molecule has 2 aliphatic rings. The third kappa shape index (κ3) is 2.10. The number of piperidine rings is 1. The van der Waals surface area contributed by atoms with Crippen LogP contribution in [0, 0.1) is 6.92 Å². The van der Waals surface area contributed by atoms with Gasteiger partial charge in [-0.05, 0) is 44.2 Å². The van der Waals surface area contributed by atoms with Crippen LogP contribution in [0.15, 0.2) is 18.5 Å². The van der Waals surface area contributed by atoms with Gasteiger partial charge in [0.25, 0.3) is 0 Å². The fourth-order valence-electron chi connectivity index (χ4n) is 3.89. The second-order valence-corrected chi connectivity index (χ2v) is 6.37. The van der Waals surface area contributed by atoms with Gasteiger partial charge < -0.3 is 10.6 Å². The van der Waals surface area contributed by atoms with Gasteiger partial charge in [0.2, 0.25) is 5.95 Å². The molecule has 0 saturated carbocycles. The van der Waals surface area contributed by atoms with Crippen LogP contribution in [0.25, 0.3) is 0 Å². The number of nitrogens with two attached hydrogens (primary N) is 1. The summed E-state index contributed by atoms with van der Waals surface area (Å²) in [5.74, 6) is 2.12. The van der Waals surface area contributed by atoms with Gasteiger partial charge in [-0.2, -0.15) is 4.98 Å². The van der Waals surface area contributed by atoms with Crippen LogP contribution in [0.4, 0.5) is 11.8 Å². The molecule has 1 fully saturated rings. The molecule has 0 bridgehead atoms. The minimum absolute atomic E-state index is 0.140. The van der Waals surface area contributed by atoms with Crippen molar-refractivity contribution in [1.82, 2.24) is 19.9 Å². The van der Waals surface area contributed by atoms with Gasteiger partial charge in [-0.1, -0.05) is 0 Å². The van der Waals surface area contributed by atoms with Crippen molar-refractivity contribution in [1.29, 1.82) is 0 Å². The second-order valence-electron chi connectivity index (χ2n) is 6.37. The predicted molar refractivity (Wildman–Crippen MR) is 84.7 cm³/mol. The lowest BCUT2D eigenvalue weighted by Gasteiger charge is -2.41. The fraction of sp³-hybridized carbons (Fsp3) is 0.500. The molecular formula is C16H20N6. The molecule has 0 amide bonds. The number of aromatic nitrogens is 4. The quantitative estimate of drug-likeness (QED) is 0.861. The van der Waals surface area contributed by atoms with E-state index >= 15 is 0 Å². The maximum absolute atomic E-state index is 5.74. The molecule has 1 aliphatic heterocycles. The maximum atomic E-state index is 5.74. The maximum Gasteiger partial charge on any atom is 0.221 e. The largest absolute Gasteiger partial charge is 0.368 e. The SMILES string of the molecule is Cc1ncc2c(n1)C1(CCCN(c3ccnc(N)n3)C1)CC2. The van der Waals surface area contributed by atoms with Crippen molar-refractivity contribution in [3.63, 3.8) is 0 Å². The summed E-state index contributed by atoms with van der Waals surface area (Å²) in [5, 5.41) is 0. The molecule has 6 nitrogen and oxygen atoms in total. The monoisotopic (exact) mass is 296 g/mol. The molecule has 114 valence electrons. The number of anilines is 2. The molecule has 1 spiro atoms. The lowest BCUT2D eigenvalue weighted by molar-refractivity contribution is 0.333. The third-order valence-corrected chi connectivity index (χ3v) is 4.92. The summed E-state index contributed by atoms with van der Waals surface area (Å²) in [6.45, 7) is 3.93. The van der Waals surface area contributed by atoms with Gasteiger partial charge in [-0.3, -0.25) is 0 Å². The summed E-state index contributed by atoms with van der Waals surface area (Å²) in [6, 6.07) is 1.94. The van der Waals surface area contributed by atoms with E-state index in [1.54, 1.807) is 6.20 Å². The molecule has 1 atom stereocenters. The smallest absolute Gasteiger partial charge is 0.221 e. The molecule has 0 aromatic carbocycles. The molecule has 4 rings (SSSR count). The van der Waals surface area contributed by atoms with Gasteiger partial charge in [-0.25, -0.2) is 15.0 Å². The van der Waals surface area contributed by atoms with Crippen LogP contribution in [0.5, 0.6) is 0 Å². The molecule has 2 aromatic heterocycles. The number of aryl methyl sites for hydroxylation is 2. The van der Waals surface area contributed by atoms with Gasteiger partial charge >= 0.3 is 0 Å². The molecule has 1 saturated heterocycles. The number of nitrogen functional groups attached to an aromatic ring is 1. The Morgan fingerprint density at radius 1 is 1.23 bits per heavy atom. The summed E-state index contributed by atoms with van der Waals surface area (Å²) in [5.41, 5.74) is 8.45. The Morgan fingerprint density at radius 2 is 2.14 bits per heavy atom. The molecule has 2 N–H and O–H groups in total. The normalized spacial score (nSPS) is 23.8. The summed E-state index contributed by atoms with van der Waals surface area (Å²) >= 11 is 0. The lowest BCUT2D eigenvalue weighted by Crippen LogP contribution is -2.46. The number of nitrogens with zero attached hydrogens (tertiary/aromatic N) is 5. The highest BCUT2D eigenvalue weighted by atomic mass is 15.2. The first-order valence-corrected chi connectivity index (χ1v) is 7.83. The highest BCUT2D eigenvalue weighted by Gasteiger charge is 2.43. The lowest BCUT2D eigenvalue weighted by atomic mass is 9.77. The molecule has 1 aliphatic carbocycles. The van der Waals surface area contributed by atoms with Crippen LogP contribution in [-0.2, 0) is 11.8 Å². The fourth-order valence-corrected chi connectivity index (χ4v) is 3.89. The summed E-state index contributed by atoms with van der Waals surface area (Å²) in [4.78, 5) is 19.8. The predicted octanol–water partition coefficient (Wildman–Crippen LogP) is 1.64. The number of rotatable bonds is 1. The van der Waals surface area contributed by atoms with Crippen LogP contribution >= 0.6 is 0 Å². The highest BCUT2D eigenvalue weighted by Crippen LogP contribution is 2.44. The zero-order valence-electron chi connectivity index (χ0n) is 12.8. The molecule has 2 aromatic rings. The van der Waals surface area contributed by atoms with E-state index in [-0.39, 0.29) is 5.41 Å². The van der Waals surface area contributed by atoms with E-state index in [4.69, 9.17) is 10.7 Å². The Hall–Kier alpha value is -2.24. The molecule has 1 unspecified atom stereocenters. The number of hydrogen-bond donors (Lipinski definition) is 1. The van der Waals surface area contributed by atoms with Crippen molar-refractivity contribution < 1.29 is 0 Å². The zero-order valence-corrected chi connectivity index (χ0v) is 12.8. The third-order valence-electron chi connectivity index (χ3n) is 4.92. The second kappa shape index (κ2) is 4.90. The minimum Gasteiger partial charge on any atom is -0.368 e. The average Bonchev–Trinajstić information content (AvgIpc) is 2.85. The first-order valence-electron chi connectivity index (χ1n) is 7.83. The Bertz CT molecular complexity index is 712. The first kappa shape index (κ1) is 13.4. The van der Waals surface area contributed by atoms with E-state index in [2.05, 4.69) is 19.9 Å². The van der Waals surface area contributed by atoms with Crippen LogP contribution in [0.3, 0.4) is 0 Å². The van der Waals surface area contributed by atoms with Crippen molar-refractivity contribution in [2.75, 3.05) is 23.7 Å². The van der Waals surface area contributed by atoms with Gasteiger partial charge in [0.15, 0.2) is 0 Å². The van der Waals surface area contributed by atoms with E-state index in [9.17, 15) is 0 Å². The Labute approximate surface area is 129 Å². The number of fused-ring (bicyclic) bond motifs is 2. The molecule has 0 radical (unpaired) electrons. The standard InChI is InChI=1S/C16H20N6/c1-11-19-9-12-3-6-16(14(12)20-11)5-2-8-22(10-16)13-4-7-18-15(17)21-13/h4,7,9H,2-3,5-6,8,10H2,1H3,(H2,17,18,21). The van der Waals surface area contributed by atoms with Crippen LogP contribution in [-0.4, -0.2) is 33.0 Å². The van der Waals surface area contributed by atoms with Gasteiger partial charge in [-0.15, -0.1) is 0 Å². The van der Waals surface area contributed by atoms with Crippen LogP contribution in [0.2, 0.25) is 0 Å². The van der Waals surface area contributed by atoms with E-state index in [0.29, 0.717) is 5.95 Å². The van der Waals surface area contributed by atoms with Crippen LogP contribution in [0.1, 0.15) is 36.3 Å². The van der Waals surface area contributed by atoms with Crippen molar-refractivity contribution in [3.05, 3.63) is 35.5 Å². The Morgan fingerprint density at radius 3 is 3.00 bits per heavy atom. The highest BCUT2D eigenvalue weighted by molar-refractivity contribution is 5.45. The van der Waals surface area contributed by atoms with Crippen molar-refractivity contribution in [3.8, 4) is 0 Å². The summed E-state index contributed by atoms with van der Waals surface area (Å²) in [7, 11) is 0. The molecular weight excluding hydrogens is 276 g/mol. The van der Waals surface area contributed by atoms with Gasteiger partial charge in [0, 0.05) is 30.9 Å². The van der Waals surface area contributed by atoms with E-state index in [1.807, 2.05) is 19.2 Å². The minimum atomic E-state index is 0.140.